The fourth-order valence-corrected chi connectivity index (χ4v) is 3.14. The molecule has 0 N–H and O–H groups in total. The van der Waals surface area contributed by atoms with Crippen LogP contribution in [0.4, 0.5) is 5.69 Å². The van der Waals surface area contributed by atoms with Crippen molar-refractivity contribution in [3.63, 3.8) is 0 Å². The highest BCUT2D eigenvalue weighted by Crippen LogP contribution is 2.29. The first-order chi connectivity index (χ1) is 11.2. The molecular formula is C21H24N2. The molecule has 1 unspecified atom stereocenters. The molecule has 0 radical (unpaired) electrons. The molecule has 0 saturated heterocycles. The minimum absolute atomic E-state index is 0.560. The van der Waals surface area contributed by atoms with E-state index in [1.165, 1.54) is 22.2 Å². The fourth-order valence-electron chi connectivity index (χ4n) is 3.14. The largest absolute Gasteiger partial charge is 0.369 e. The summed E-state index contributed by atoms with van der Waals surface area (Å²) in [6, 6.07) is 19.9. The van der Waals surface area contributed by atoms with E-state index in [1.54, 1.807) is 0 Å². The molecule has 2 heteroatoms. The van der Waals surface area contributed by atoms with E-state index < -0.39 is 0 Å². The molecule has 0 aliphatic rings. The minimum Gasteiger partial charge on any atom is -0.369 e. The summed E-state index contributed by atoms with van der Waals surface area (Å²) in [4.78, 5) is 7.01. The Morgan fingerprint density at radius 3 is 2.39 bits per heavy atom. The summed E-state index contributed by atoms with van der Waals surface area (Å²) in [5.41, 5.74) is 4.77. The Morgan fingerprint density at radius 2 is 1.70 bits per heavy atom. The SMILES string of the molecule is CCC(C)N(CC)c1ccc(-c2cccc3cccnc23)cc1. The van der Waals surface area contributed by atoms with Gasteiger partial charge >= 0.3 is 0 Å². The van der Waals surface area contributed by atoms with E-state index in [1.807, 2.05) is 12.3 Å². The summed E-state index contributed by atoms with van der Waals surface area (Å²) in [5.74, 6) is 0. The number of pyridine rings is 1. The van der Waals surface area contributed by atoms with Gasteiger partial charge in [-0.3, -0.25) is 4.98 Å². The van der Waals surface area contributed by atoms with Gasteiger partial charge in [-0.05, 0) is 44.0 Å². The zero-order valence-electron chi connectivity index (χ0n) is 14.2. The van der Waals surface area contributed by atoms with Gasteiger partial charge < -0.3 is 4.90 Å². The predicted molar refractivity (Wildman–Crippen MR) is 100.0 cm³/mol. The minimum atomic E-state index is 0.560. The molecule has 3 aromatic rings. The fraction of sp³-hybridized carbons (Fsp3) is 0.286. The van der Waals surface area contributed by atoms with Crippen LogP contribution in [0.1, 0.15) is 27.2 Å². The van der Waals surface area contributed by atoms with Crippen LogP contribution in [0.25, 0.3) is 22.0 Å². The Labute approximate surface area is 138 Å². The Balaban J connectivity index is 1.98. The molecule has 0 amide bonds. The van der Waals surface area contributed by atoms with Crippen LogP contribution in [0.3, 0.4) is 0 Å². The van der Waals surface area contributed by atoms with Gasteiger partial charge in [0.2, 0.25) is 0 Å². The topological polar surface area (TPSA) is 16.1 Å². The number of rotatable bonds is 5. The van der Waals surface area contributed by atoms with Crippen molar-refractivity contribution in [2.45, 2.75) is 33.2 Å². The third-order valence-corrected chi connectivity index (χ3v) is 4.61. The van der Waals surface area contributed by atoms with Crippen LogP contribution in [0.5, 0.6) is 0 Å². The maximum Gasteiger partial charge on any atom is 0.0780 e. The quantitative estimate of drug-likeness (QED) is 0.616. The van der Waals surface area contributed by atoms with Crippen molar-refractivity contribution in [1.29, 1.82) is 0 Å². The maximum absolute atomic E-state index is 4.56. The van der Waals surface area contributed by atoms with Crippen molar-refractivity contribution in [1.82, 2.24) is 4.98 Å². The van der Waals surface area contributed by atoms with Crippen molar-refractivity contribution >= 4 is 16.6 Å². The summed E-state index contributed by atoms with van der Waals surface area (Å²) in [5, 5.41) is 1.18. The number of para-hydroxylation sites is 1. The average Bonchev–Trinajstić information content (AvgIpc) is 2.62. The van der Waals surface area contributed by atoms with Crippen molar-refractivity contribution in [3.05, 3.63) is 60.8 Å². The van der Waals surface area contributed by atoms with E-state index >= 15 is 0 Å². The predicted octanol–water partition coefficient (Wildman–Crippen LogP) is 5.53. The Bertz CT molecular complexity index is 772. The van der Waals surface area contributed by atoms with Crippen LogP contribution in [-0.4, -0.2) is 17.6 Å². The van der Waals surface area contributed by atoms with Crippen LogP contribution in [0.2, 0.25) is 0 Å². The van der Waals surface area contributed by atoms with E-state index in [0.717, 1.165) is 18.5 Å². The molecule has 118 valence electrons. The number of hydrogen-bond acceptors (Lipinski definition) is 2. The second-order valence-electron chi connectivity index (χ2n) is 5.97. The lowest BCUT2D eigenvalue weighted by atomic mass is 10.0. The first-order valence-electron chi connectivity index (χ1n) is 8.45. The molecule has 0 saturated carbocycles. The normalized spacial score (nSPS) is 12.3. The van der Waals surface area contributed by atoms with E-state index in [4.69, 9.17) is 0 Å². The Kier molecular flexibility index (Phi) is 4.61. The van der Waals surface area contributed by atoms with Gasteiger partial charge in [0.1, 0.15) is 0 Å². The molecule has 23 heavy (non-hydrogen) atoms. The summed E-state index contributed by atoms with van der Waals surface area (Å²) in [6.45, 7) is 7.77. The third-order valence-electron chi connectivity index (χ3n) is 4.61. The zero-order valence-corrected chi connectivity index (χ0v) is 14.2. The van der Waals surface area contributed by atoms with Gasteiger partial charge in [0.25, 0.3) is 0 Å². The average molecular weight is 304 g/mol. The lowest BCUT2D eigenvalue weighted by molar-refractivity contribution is 0.630. The van der Waals surface area contributed by atoms with Gasteiger partial charge in [-0.2, -0.15) is 0 Å². The van der Waals surface area contributed by atoms with Gasteiger partial charge in [-0.15, -0.1) is 0 Å². The van der Waals surface area contributed by atoms with Crippen molar-refractivity contribution in [2.24, 2.45) is 0 Å². The summed E-state index contributed by atoms with van der Waals surface area (Å²) >= 11 is 0. The van der Waals surface area contributed by atoms with Crippen LogP contribution < -0.4 is 4.90 Å². The smallest absolute Gasteiger partial charge is 0.0780 e. The lowest BCUT2D eigenvalue weighted by Gasteiger charge is -2.29. The van der Waals surface area contributed by atoms with Crippen LogP contribution in [0.15, 0.2) is 60.8 Å². The van der Waals surface area contributed by atoms with Gasteiger partial charge in [0.15, 0.2) is 0 Å². The lowest BCUT2D eigenvalue weighted by Crippen LogP contribution is -2.32. The monoisotopic (exact) mass is 304 g/mol. The molecule has 0 spiro atoms. The molecule has 0 aliphatic carbocycles. The molecule has 1 aromatic heterocycles. The number of nitrogens with zero attached hydrogens (tertiary/aromatic N) is 2. The number of hydrogen-bond donors (Lipinski definition) is 0. The second-order valence-corrected chi connectivity index (χ2v) is 5.97. The van der Waals surface area contributed by atoms with Crippen molar-refractivity contribution in [2.75, 3.05) is 11.4 Å². The van der Waals surface area contributed by atoms with Gasteiger partial charge in [-0.1, -0.05) is 43.3 Å². The van der Waals surface area contributed by atoms with Crippen molar-refractivity contribution in [3.8, 4) is 11.1 Å². The van der Waals surface area contributed by atoms with Crippen LogP contribution in [0, 0.1) is 0 Å². The summed E-state index contributed by atoms with van der Waals surface area (Å²) < 4.78 is 0. The first-order valence-corrected chi connectivity index (χ1v) is 8.45. The van der Waals surface area contributed by atoms with E-state index in [9.17, 15) is 0 Å². The molecule has 3 rings (SSSR count). The first kappa shape index (κ1) is 15.5. The molecule has 1 atom stereocenters. The van der Waals surface area contributed by atoms with Crippen LogP contribution in [-0.2, 0) is 0 Å². The zero-order chi connectivity index (χ0) is 16.2. The maximum atomic E-state index is 4.56. The molecule has 0 aliphatic heterocycles. The standard InChI is InChI=1S/C21H24N2/c1-4-16(3)23(5-2)19-13-11-17(12-14-19)20-10-6-8-18-9-7-15-22-21(18)20/h6-16H,4-5H2,1-3H3. The van der Waals surface area contributed by atoms with Gasteiger partial charge in [0, 0.05) is 35.4 Å². The summed E-state index contributed by atoms with van der Waals surface area (Å²) in [7, 11) is 0. The summed E-state index contributed by atoms with van der Waals surface area (Å²) in [6.07, 6.45) is 3.02. The highest BCUT2D eigenvalue weighted by Gasteiger charge is 2.11. The third kappa shape index (κ3) is 3.07. The highest BCUT2D eigenvalue weighted by atomic mass is 15.1. The molecular weight excluding hydrogens is 280 g/mol. The number of aromatic nitrogens is 1. The van der Waals surface area contributed by atoms with Gasteiger partial charge in [0.05, 0.1) is 5.52 Å². The van der Waals surface area contributed by atoms with Crippen molar-refractivity contribution < 1.29 is 0 Å². The molecule has 0 fully saturated rings. The number of anilines is 1. The Hall–Kier alpha value is -2.35. The Morgan fingerprint density at radius 1 is 0.957 bits per heavy atom. The second kappa shape index (κ2) is 6.82. The van der Waals surface area contributed by atoms with E-state index in [0.29, 0.717) is 6.04 Å². The van der Waals surface area contributed by atoms with E-state index in [2.05, 4.69) is 79.2 Å². The number of fused-ring (bicyclic) bond motifs is 1. The van der Waals surface area contributed by atoms with Crippen LogP contribution >= 0.6 is 0 Å². The van der Waals surface area contributed by atoms with E-state index in [-0.39, 0.29) is 0 Å². The highest BCUT2D eigenvalue weighted by molar-refractivity contribution is 5.93. The molecule has 2 nitrogen and oxygen atoms in total. The molecule has 2 aromatic carbocycles. The van der Waals surface area contributed by atoms with Gasteiger partial charge in [-0.25, -0.2) is 0 Å². The number of benzene rings is 2. The molecule has 1 heterocycles. The molecule has 0 bridgehead atoms.